The molecule has 1 N–H and O–H groups in total. The summed E-state index contributed by atoms with van der Waals surface area (Å²) >= 11 is 4.38. The normalized spacial score (nSPS) is 19.4. The van der Waals surface area contributed by atoms with Gasteiger partial charge in [0.05, 0.1) is 15.7 Å². The quantitative estimate of drug-likeness (QED) is 0.683. The van der Waals surface area contributed by atoms with Crippen LogP contribution in [0.1, 0.15) is 31.4 Å². The minimum absolute atomic E-state index is 0.0717. The number of amides is 1. The Morgan fingerprint density at radius 3 is 2.71 bits per heavy atom. The Labute approximate surface area is 174 Å². The summed E-state index contributed by atoms with van der Waals surface area (Å²) in [6.45, 7) is 2.03. The van der Waals surface area contributed by atoms with E-state index in [0.29, 0.717) is 23.2 Å². The molecule has 152 valence electrons. The summed E-state index contributed by atoms with van der Waals surface area (Å²) in [6, 6.07) is 5.74. The average molecular weight is 493 g/mol. The minimum Gasteiger partial charge on any atom is -0.349 e. The highest BCUT2D eigenvalue weighted by molar-refractivity contribution is 9.11. The summed E-state index contributed by atoms with van der Waals surface area (Å²) < 4.78 is 54.8. The predicted molar refractivity (Wildman–Crippen MR) is 106 cm³/mol. The second-order valence-electron chi connectivity index (χ2n) is 6.66. The van der Waals surface area contributed by atoms with E-state index in [1.54, 1.807) is 13.0 Å². The SMILES string of the molecule is CC(NC(=O)C1CCCN(S(=O)(=O)c2ccc(Br)s2)C1)c1ccc(F)cc1F. The number of carbonyl (C=O) groups is 1. The van der Waals surface area contributed by atoms with Crippen molar-refractivity contribution in [1.82, 2.24) is 9.62 Å². The zero-order valence-electron chi connectivity index (χ0n) is 15.0. The Morgan fingerprint density at radius 2 is 2.07 bits per heavy atom. The number of hydrogen-bond acceptors (Lipinski definition) is 4. The van der Waals surface area contributed by atoms with E-state index >= 15 is 0 Å². The van der Waals surface area contributed by atoms with Crippen molar-refractivity contribution >= 4 is 43.2 Å². The minimum atomic E-state index is -3.66. The van der Waals surface area contributed by atoms with E-state index in [4.69, 9.17) is 0 Å². The molecule has 0 spiro atoms. The lowest BCUT2D eigenvalue weighted by molar-refractivity contribution is -0.126. The van der Waals surface area contributed by atoms with Gasteiger partial charge in [-0.2, -0.15) is 4.31 Å². The second-order valence-corrected chi connectivity index (χ2v) is 11.3. The Bertz CT molecular complexity index is 981. The lowest BCUT2D eigenvalue weighted by Gasteiger charge is -2.31. The van der Waals surface area contributed by atoms with Crippen molar-refractivity contribution in [1.29, 1.82) is 0 Å². The standard InChI is InChI=1S/C18H19BrF2N2O3S2/c1-11(14-5-4-13(20)9-15(14)21)22-18(24)12-3-2-8-23(10-12)28(25,26)17-7-6-16(19)27-17/h4-7,9,11-12H,2-3,8,10H2,1H3,(H,22,24). The van der Waals surface area contributed by atoms with E-state index < -0.39 is 33.6 Å². The smallest absolute Gasteiger partial charge is 0.252 e. The molecule has 0 bridgehead atoms. The van der Waals surface area contributed by atoms with Gasteiger partial charge in [0.2, 0.25) is 5.91 Å². The van der Waals surface area contributed by atoms with Crippen molar-refractivity contribution in [2.45, 2.75) is 30.0 Å². The molecule has 1 amide bonds. The van der Waals surface area contributed by atoms with Crippen LogP contribution in [0.2, 0.25) is 0 Å². The Balaban J connectivity index is 1.69. The highest BCUT2D eigenvalue weighted by atomic mass is 79.9. The van der Waals surface area contributed by atoms with Crippen LogP contribution in [0.4, 0.5) is 8.78 Å². The molecule has 1 fully saturated rings. The van der Waals surface area contributed by atoms with Crippen LogP contribution < -0.4 is 5.32 Å². The summed E-state index contributed by atoms with van der Waals surface area (Å²) in [5.74, 6) is -2.29. The number of sulfonamides is 1. The highest BCUT2D eigenvalue weighted by Crippen LogP contribution is 2.31. The van der Waals surface area contributed by atoms with Crippen LogP contribution in [0.15, 0.2) is 38.3 Å². The lowest BCUT2D eigenvalue weighted by Crippen LogP contribution is -2.45. The van der Waals surface area contributed by atoms with E-state index in [1.807, 2.05) is 0 Å². The third-order valence-electron chi connectivity index (χ3n) is 4.69. The second kappa shape index (κ2) is 8.56. The molecule has 5 nitrogen and oxygen atoms in total. The third-order valence-corrected chi connectivity index (χ3v) is 8.64. The fourth-order valence-electron chi connectivity index (χ4n) is 3.20. The molecule has 0 aliphatic carbocycles. The van der Waals surface area contributed by atoms with Crippen LogP contribution in [0.25, 0.3) is 0 Å². The van der Waals surface area contributed by atoms with Crippen molar-refractivity contribution < 1.29 is 22.0 Å². The molecule has 2 aromatic rings. The van der Waals surface area contributed by atoms with Gasteiger partial charge in [0.25, 0.3) is 10.0 Å². The van der Waals surface area contributed by atoms with Gasteiger partial charge in [-0.3, -0.25) is 4.79 Å². The van der Waals surface area contributed by atoms with E-state index in [9.17, 15) is 22.0 Å². The van der Waals surface area contributed by atoms with Crippen LogP contribution in [-0.4, -0.2) is 31.7 Å². The van der Waals surface area contributed by atoms with Crippen molar-refractivity contribution in [3.8, 4) is 0 Å². The van der Waals surface area contributed by atoms with Gasteiger partial charge in [-0.15, -0.1) is 11.3 Å². The van der Waals surface area contributed by atoms with Gasteiger partial charge in [-0.25, -0.2) is 17.2 Å². The molecule has 1 aromatic carbocycles. The maximum atomic E-state index is 13.9. The van der Waals surface area contributed by atoms with Crippen molar-refractivity contribution in [3.05, 3.63) is 51.3 Å². The zero-order valence-corrected chi connectivity index (χ0v) is 18.2. The van der Waals surface area contributed by atoms with Crippen molar-refractivity contribution in [3.63, 3.8) is 0 Å². The molecular weight excluding hydrogens is 474 g/mol. The first-order valence-electron chi connectivity index (χ1n) is 8.69. The highest BCUT2D eigenvalue weighted by Gasteiger charge is 2.34. The van der Waals surface area contributed by atoms with Crippen LogP contribution in [0, 0.1) is 17.6 Å². The number of benzene rings is 1. The summed E-state index contributed by atoms with van der Waals surface area (Å²) in [7, 11) is -3.66. The molecular formula is C18H19BrF2N2O3S2. The predicted octanol–water partition coefficient (Wildman–Crippen LogP) is 4.07. The number of rotatable bonds is 5. The van der Waals surface area contributed by atoms with Crippen LogP contribution in [0.5, 0.6) is 0 Å². The molecule has 2 heterocycles. The first-order chi connectivity index (χ1) is 13.2. The van der Waals surface area contributed by atoms with Gasteiger partial charge in [0.15, 0.2) is 0 Å². The molecule has 1 saturated heterocycles. The molecule has 1 aromatic heterocycles. The van der Waals surface area contributed by atoms with Crippen LogP contribution in [0.3, 0.4) is 0 Å². The number of halogens is 3. The van der Waals surface area contributed by atoms with Gasteiger partial charge in [-0.1, -0.05) is 6.07 Å². The van der Waals surface area contributed by atoms with Gasteiger partial charge < -0.3 is 5.32 Å². The largest absolute Gasteiger partial charge is 0.349 e. The van der Waals surface area contributed by atoms with E-state index in [0.717, 1.165) is 23.5 Å². The first kappa shape index (κ1) is 21.4. The molecule has 1 aliphatic rings. The molecule has 1 aliphatic heterocycles. The summed E-state index contributed by atoms with van der Waals surface area (Å²) in [5, 5.41) is 2.71. The zero-order chi connectivity index (χ0) is 20.5. The molecule has 28 heavy (non-hydrogen) atoms. The molecule has 10 heteroatoms. The average Bonchev–Trinajstić information content (AvgIpc) is 3.09. The Morgan fingerprint density at radius 1 is 1.32 bits per heavy atom. The Hall–Kier alpha value is -1.36. The van der Waals surface area contributed by atoms with Crippen LogP contribution in [-0.2, 0) is 14.8 Å². The van der Waals surface area contributed by atoms with Gasteiger partial charge >= 0.3 is 0 Å². The summed E-state index contributed by atoms with van der Waals surface area (Å²) in [5.41, 5.74) is 0.179. The van der Waals surface area contributed by atoms with Gasteiger partial charge in [0, 0.05) is 24.7 Å². The number of piperidine rings is 1. The lowest BCUT2D eigenvalue weighted by atomic mass is 9.97. The summed E-state index contributed by atoms with van der Waals surface area (Å²) in [6.07, 6.45) is 1.10. The number of carbonyl (C=O) groups excluding carboxylic acids is 1. The van der Waals surface area contributed by atoms with Gasteiger partial charge in [-0.05, 0) is 53.9 Å². The fraction of sp³-hybridized carbons (Fsp3) is 0.389. The van der Waals surface area contributed by atoms with E-state index in [2.05, 4.69) is 21.2 Å². The number of nitrogens with one attached hydrogen (secondary N) is 1. The van der Waals surface area contributed by atoms with Crippen molar-refractivity contribution in [2.24, 2.45) is 5.92 Å². The molecule has 3 rings (SSSR count). The number of hydrogen-bond donors (Lipinski definition) is 1. The van der Waals surface area contributed by atoms with E-state index in [1.165, 1.54) is 16.4 Å². The summed E-state index contributed by atoms with van der Waals surface area (Å²) in [4.78, 5) is 12.6. The fourth-order valence-corrected chi connectivity index (χ4v) is 6.89. The number of thiophene rings is 1. The number of nitrogens with zero attached hydrogens (tertiary/aromatic N) is 1. The van der Waals surface area contributed by atoms with Gasteiger partial charge in [0.1, 0.15) is 15.8 Å². The van der Waals surface area contributed by atoms with Crippen LogP contribution >= 0.6 is 27.3 Å². The molecule has 2 atom stereocenters. The monoisotopic (exact) mass is 492 g/mol. The molecule has 0 saturated carbocycles. The Kier molecular flexibility index (Phi) is 6.53. The van der Waals surface area contributed by atoms with E-state index in [-0.39, 0.29) is 22.2 Å². The molecule has 2 unspecified atom stereocenters. The topological polar surface area (TPSA) is 66.5 Å². The first-order valence-corrected chi connectivity index (χ1v) is 11.7. The molecule has 0 radical (unpaired) electrons. The maximum Gasteiger partial charge on any atom is 0.252 e. The maximum absolute atomic E-state index is 13.9. The third kappa shape index (κ3) is 4.61. The van der Waals surface area contributed by atoms with Crippen molar-refractivity contribution in [2.75, 3.05) is 13.1 Å².